The molecule has 0 fully saturated rings. The van der Waals surface area contributed by atoms with Gasteiger partial charge < -0.3 is 10.4 Å². The average molecular weight is 211 g/mol. The maximum Gasteiger partial charge on any atom is 0.322 e. The topological polar surface area (TPSA) is 66.4 Å². The first-order valence-electron chi connectivity index (χ1n) is 3.88. The summed E-state index contributed by atoms with van der Waals surface area (Å²) >= 11 is 1.53. The number of carbonyl (C=O) groups excluding carboxylic acids is 1. The molecule has 0 radical (unpaired) electrons. The highest BCUT2D eigenvalue weighted by Crippen LogP contribution is 2.07. The zero-order valence-electron chi connectivity index (χ0n) is 7.27. The van der Waals surface area contributed by atoms with Crippen molar-refractivity contribution in [1.82, 2.24) is 5.32 Å². The fourth-order valence-electron chi connectivity index (χ4n) is 0.763. The molecule has 0 aliphatic rings. The number of carbonyl (C=O) groups is 2. The number of rotatable bonds is 4. The zero-order valence-corrected chi connectivity index (χ0v) is 8.08. The summed E-state index contributed by atoms with van der Waals surface area (Å²) in [5.41, 5.74) is 0.931. The van der Waals surface area contributed by atoms with Crippen molar-refractivity contribution in [2.45, 2.75) is 0 Å². The van der Waals surface area contributed by atoms with Gasteiger partial charge >= 0.3 is 5.97 Å². The van der Waals surface area contributed by atoms with Crippen molar-refractivity contribution in [3.8, 4) is 0 Å². The highest BCUT2D eigenvalue weighted by Gasteiger charge is 1.98. The lowest BCUT2D eigenvalue weighted by molar-refractivity contribution is -0.137. The first-order valence-corrected chi connectivity index (χ1v) is 4.82. The van der Waals surface area contributed by atoms with Crippen molar-refractivity contribution in [3.05, 3.63) is 28.5 Å². The second-order valence-electron chi connectivity index (χ2n) is 2.50. The van der Waals surface area contributed by atoms with E-state index in [0.29, 0.717) is 0 Å². The van der Waals surface area contributed by atoms with Gasteiger partial charge in [0.15, 0.2) is 0 Å². The smallest absolute Gasteiger partial charge is 0.322 e. The Bertz CT molecular complexity index is 343. The Hall–Kier alpha value is -1.62. The van der Waals surface area contributed by atoms with Gasteiger partial charge in [0, 0.05) is 6.08 Å². The maximum atomic E-state index is 11.0. The molecule has 0 saturated heterocycles. The van der Waals surface area contributed by atoms with Crippen molar-refractivity contribution in [3.63, 3.8) is 0 Å². The molecule has 1 amide bonds. The van der Waals surface area contributed by atoms with Crippen LogP contribution in [0.3, 0.4) is 0 Å². The first kappa shape index (κ1) is 10.5. The Morgan fingerprint density at radius 2 is 2.36 bits per heavy atom. The summed E-state index contributed by atoms with van der Waals surface area (Å²) in [6.07, 6.45) is 2.94. The fourth-order valence-corrected chi connectivity index (χ4v) is 1.39. The van der Waals surface area contributed by atoms with Crippen LogP contribution in [0.5, 0.6) is 0 Å². The van der Waals surface area contributed by atoms with Crippen molar-refractivity contribution in [2.75, 3.05) is 6.54 Å². The van der Waals surface area contributed by atoms with Gasteiger partial charge in [-0.05, 0) is 28.5 Å². The SMILES string of the molecule is O=C(O)CNC(=O)/C=C/c1ccsc1. The molecule has 1 aromatic rings. The van der Waals surface area contributed by atoms with E-state index in [1.54, 1.807) is 6.08 Å². The van der Waals surface area contributed by atoms with Crippen LogP contribution in [0.1, 0.15) is 5.56 Å². The lowest BCUT2D eigenvalue weighted by Gasteiger charge is -1.95. The molecule has 1 rings (SSSR count). The maximum absolute atomic E-state index is 11.0. The Balaban J connectivity index is 2.37. The Labute approximate surface area is 84.9 Å². The van der Waals surface area contributed by atoms with Crippen molar-refractivity contribution in [2.24, 2.45) is 0 Å². The van der Waals surface area contributed by atoms with Crippen LogP contribution >= 0.6 is 11.3 Å². The minimum absolute atomic E-state index is 0.354. The van der Waals surface area contributed by atoms with Gasteiger partial charge in [-0.3, -0.25) is 9.59 Å². The molecule has 1 heterocycles. The average Bonchev–Trinajstić information content (AvgIpc) is 2.63. The van der Waals surface area contributed by atoms with Crippen LogP contribution in [0.25, 0.3) is 6.08 Å². The minimum Gasteiger partial charge on any atom is -0.480 e. The highest BCUT2D eigenvalue weighted by atomic mass is 32.1. The van der Waals surface area contributed by atoms with Crippen LogP contribution in [-0.2, 0) is 9.59 Å². The monoisotopic (exact) mass is 211 g/mol. The molecule has 74 valence electrons. The first-order chi connectivity index (χ1) is 6.68. The number of carboxylic acid groups (broad SMARTS) is 1. The van der Waals surface area contributed by atoms with Crippen LogP contribution in [0, 0.1) is 0 Å². The van der Waals surface area contributed by atoms with Gasteiger partial charge in [0.05, 0.1) is 0 Å². The number of amides is 1. The molecule has 0 bridgehead atoms. The number of carboxylic acids is 1. The molecule has 0 aromatic carbocycles. The molecule has 0 spiro atoms. The number of hydrogen-bond acceptors (Lipinski definition) is 3. The van der Waals surface area contributed by atoms with E-state index in [4.69, 9.17) is 5.11 Å². The summed E-state index contributed by atoms with van der Waals surface area (Å²) in [5, 5.41) is 14.3. The third-order valence-electron chi connectivity index (χ3n) is 1.38. The van der Waals surface area contributed by atoms with E-state index in [0.717, 1.165) is 5.56 Å². The third kappa shape index (κ3) is 3.86. The number of nitrogens with one attached hydrogen (secondary N) is 1. The molecular weight excluding hydrogens is 202 g/mol. The summed E-state index contributed by atoms with van der Waals surface area (Å²) in [4.78, 5) is 21.1. The molecule has 14 heavy (non-hydrogen) atoms. The quantitative estimate of drug-likeness (QED) is 0.729. The third-order valence-corrected chi connectivity index (χ3v) is 2.09. The Morgan fingerprint density at radius 1 is 1.57 bits per heavy atom. The van der Waals surface area contributed by atoms with Crippen molar-refractivity contribution < 1.29 is 14.7 Å². The van der Waals surface area contributed by atoms with Gasteiger partial charge in [-0.15, -0.1) is 0 Å². The second kappa shape index (κ2) is 5.18. The zero-order chi connectivity index (χ0) is 10.4. The van der Waals surface area contributed by atoms with Gasteiger partial charge in [-0.2, -0.15) is 11.3 Å². The van der Waals surface area contributed by atoms with Crippen molar-refractivity contribution >= 4 is 29.3 Å². The van der Waals surface area contributed by atoms with Crippen LogP contribution in [-0.4, -0.2) is 23.5 Å². The molecule has 0 aliphatic carbocycles. The lowest BCUT2D eigenvalue weighted by Crippen LogP contribution is -2.27. The fraction of sp³-hybridized carbons (Fsp3) is 0.111. The molecule has 0 atom stereocenters. The molecule has 0 saturated carbocycles. The molecule has 2 N–H and O–H groups in total. The molecule has 5 heteroatoms. The number of thiophene rings is 1. The van der Waals surface area contributed by atoms with Gasteiger partial charge in [0.2, 0.25) is 5.91 Å². The van der Waals surface area contributed by atoms with E-state index in [9.17, 15) is 9.59 Å². The van der Waals surface area contributed by atoms with E-state index in [-0.39, 0.29) is 6.54 Å². The van der Waals surface area contributed by atoms with Gasteiger partial charge in [0.25, 0.3) is 0 Å². The van der Waals surface area contributed by atoms with Crippen molar-refractivity contribution in [1.29, 1.82) is 0 Å². The highest BCUT2D eigenvalue weighted by molar-refractivity contribution is 7.08. The predicted octanol–water partition coefficient (Wildman–Crippen LogP) is 0.962. The van der Waals surface area contributed by atoms with Gasteiger partial charge in [0.1, 0.15) is 6.54 Å². The predicted molar refractivity (Wildman–Crippen MR) is 54.0 cm³/mol. The van der Waals surface area contributed by atoms with Gasteiger partial charge in [-0.25, -0.2) is 0 Å². The molecule has 4 nitrogen and oxygen atoms in total. The van der Waals surface area contributed by atoms with Gasteiger partial charge in [-0.1, -0.05) is 0 Å². The number of hydrogen-bond donors (Lipinski definition) is 2. The normalized spacial score (nSPS) is 10.3. The molecule has 0 aliphatic heterocycles. The second-order valence-corrected chi connectivity index (χ2v) is 3.28. The summed E-state index contributed by atoms with van der Waals surface area (Å²) < 4.78 is 0. The summed E-state index contributed by atoms with van der Waals surface area (Å²) in [5.74, 6) is -1.46. The van der Waals surface area contributed by atoms with Crippen LogP contribution in [0.2, 0.25) is 0 Å². The van der Waals surface area contributed by atoms with Crippen LogP contribution < -0.4 is 5.32 Å². The minimum atomic E-state index is -1.05. The molecular formula is C9H9NO3S. The summed E-state index contributed by atoms with van der Waals surface area (Å²) in [6.45, 7) is -0.354. The van der Waals surface area contributed by atoms with E-state index >= 15 is 0 Å². The van der Waals surface area contributed by atoms with Crippen LogP contribution in [0.4, 0.5) is 0 Å². The lowest BCUT2D eigenvalue weighted by atomic mass is 10.3. The van der Waals surface area contributed by atoms with E-state index < -0.39 is 11.9 Å². The Morgan fingerprint density at radius 3 is 2.93 bits per heavy atom. The summed E-state index contributed by atoms with van der Waals surface area (Å²) in [7, 11) is 0. The molecule has 0 unspecified atom stereocenters. The summed E-state index contributed by atoms with van der Waals surface area (Å²) in [6, 6.07) is 1.87. The van der Waals surface area contributed by atoms with E-state index in [1.165, 1.54) is 17.4 Å². The number of aliphatic carboxylic acids is 1. The van der Waals surface area contributed by atoms with Crippen LogP contribution in [0.15, 0.2) is 22.9 Å². The van der Waals surface area contributed by atoms with E-state index in [2.05, 4.69) is 5.32 Å². The van der Waals surface area contributed by atoms with E-state index in [1.807, 2.05) is 16.8 Å². The largest absolute Gasteiger partial charge is 0.480 e. The molecule has 1 aromatic heterocycles. The Kier molecular flexibility index (Phi) is 3.87. The standard InChI is InChI=1S/C9H9NO3S/c11-8(10-5-9(12)13)2-1-7-3-4-14-6-7/h1-4,6H,5H2,(H,10,11)(H,12,13)/b2-1+.